The largest absolute Gasteiger partial charge is 0.493 e. The van der Waals surface area contributed by atoms with Gasteiger partial charge in [-0.25, -0.2) is 0 Å². The summed E-state index contributed by atoms with van der Waals surface area (Å²) in [5, 5.41) is 3.67. The number of ether oxygens (including phenoxy) is 2. The number of rotatable bonds is 12. The average molecular weight is 557 g/mol. The van der Waals surface area contributed by atoms with E-state index in [9.17, 15) is 9.59 Å². The summed E-state index contributed by atoms with van der Waals surface area (Å²) >= 11 is 6.12. The fourth-order valence-corrected chi connectivity index (χ4v) is 4.68. The maximum absolute atomic E-state index is 14.0. The van der Waals surface area contributed by atoms with Crippen LogP contribution in [-0.2, 0) is 29.0 Å². The van der Waals surface area contributed by atoms with Gasteiger partial charge < -0.3 is 19.7 Å². The Balaban J connectivity index is 1.64. The molecule has 1 atom stereocenters. The van der Waals surface area contributed by atoms with Crippen LogP contribution in [0.4, 0.5) is 0 Å². The quantitative estimate of drug-likeness (QED) is 0.231. The third kappa shape index (κ3) is 7.64. The van der Waals surface area contributed by atoms with Gasteiger partial charge in [0.1, 0.15) is 6.04 Å². The molecule has 0 aliphatic carbocycles. The van der Waals surface area contributed by atoms with Gasteiger partial charge in [-0.1, -0.05) is 90.5 Å². The topological polar surface area (TPSA) is 67.9 Å². The lowest BCUT2D eigenvalue weighted by Crippen LogP contribution is -2.44. The van der Waals surface area contributed by atoms with E-state index < -0.39 is 6.04 Å². The Labute approximate surface area is 240 Å². The van der Waals surface area contributed by atoms with Gasteiger partial charge >= 0.3 is 0 Å². The molecule has 7 heteroatoms. The lowest BCUT2D eigenvalue weighted by atomic mass is 10.0. The van der Waals surface area contributed by atoms with Crippen molar-refractivity contribution in [2.24, 2.45) is 0 Å². The molecule has 2 amide bonds. The number of nitrogens with one attached hydrogen (secondary N) is 1. The maximum atomic E-state index is 14.0. The van der Waals surface area contributed by atoms with Crippen molar-refractivity contribution in [3.05, 3.63) is 130 Å². The number of carbonyl (C=O) groups excluding carboxylic acids is 2. The van der Waals surface area contributed by atoms with E-state index in [1.165, 1.54) is 0 Å². The number of methoxy groups -OCH3 is 2. The Kier molecular flexibility index (Phi) is 10.2. The third-order valence-electron chi connectivity index (χ3n) is 6.62. The zero-order valence-corrected chi connectivity index (χ0v) is 23.4. The molecule has 40 heavy (non-hydrogen) atoms. The molecule has 0 saturated carbocycles. The molecule has 0 aromatic heterocycles. The maximum Gasteiger partial charge on any atom is 0.247 e. The molecule has 6 nitrogen and oxygen atoms in total. The van der Waals surface area contributed by atoms with Crippen LogP contribution >= 0.6 is 11.6 Å². The van der Waals surface area contributed by atoms with E-state index in [1.54, 1.807) is 43.4 Å². The van der Waals surface area contributed by atoms with Crippen LogP contribution in [0.2, 0.25) is 5.02 Å². The fourth-order valence-electron chi connectivity index (χ4n) is 4.56. The molecule has 0 aliphatic rings. The first-order valence-electron chi connectivity index (χ1n) is 13.1. The molecule has 206 valence electrons. The van der Waals surface area contributed by atoms with Crippen LogP contribution in [0.3, 0.4) is 0 Å². The van der Waals surface area contributed by atoms with Crippen molar-refractivity contribution in [3.8, 4) is 11.5 Å². The second kappa shape index (κ2) is 14.2. The van der Waals surface area contributed by atoms with Gasteiger partial charge in [0.05, 0.1) is 20.6 Å². The number of carbonyl (C=O) groups is 2. The van der Waals surface area contributed by atoms with Crippen LogP contribution < -0.4 is 14.8 Å². The summed E-state index contributed by atoms with van der Waals surface area (Å²) in [6, 6.07) is 31.2. The monoisotopic (exact) mass is 556 g/mol. The van der Waals surface area contributed by atoms with E-state index >= 15 is 0 Å². The Bertz CT molecular complexity index is 1400. The zero-order valence-electron chi connectivity index (χ0n) is 22.7. The molecule has 0 spiro atoms. The minimum Gasteiger partial charge on any atom is -0.493 e. The number of hydrogen-bond acceptors (Lipinski definition) is 4. The van der Waals surface area contributed by atoms with Gasteiger partial charge in [-0.3, -0.25) is 9.59 Å². The fraction of sp³-hybridized carbons (Fsp3) is 0.212. The van der Waals surface area contributed by atoms with Crippen LogP contribution in [0.1, 0.15) is 28.3 Å². The summed E-state index contributed by atoms with van der Waals surface area (Å²) in [6.45, 7) is 0.680. The van der Waals surface area contributed by atoms with Gasteiger partial charge in [0.15, 0.2) is 11.5 Å². The first-order chi connectivity index (χ1) is 19.5. The van der Waals surface area contributed by atoms with E-state index in [2.05, 4.69) is 5.32 Å². The number of amides is 2. The van der Waals surface area contributed by atoms with Crippen molar-refractivity contribution in [1.29, 1.82) is 0 Å². The van der Waals surface area contributed by atoms with E-state index in [1.807, 2.05) is 78.9 Å². The molecular formula is C33H33ClN2O4. The lowest BCUT2D eigenvalue weighted by Gasteiger charge is -2.32. The van der Waals surface area contributed by atoms with Gasteiger partial charge in [-0.2, -0.15) is 0 Å². The molecule has 0 aliphatic heterocycles. The first-order valence-corrected chi connectivity index (χ1v) is 13.5. The molecule has 4 rings (SSSR count). The van der Waals surface area contributed by atoms with Crippen molar-refractivity contribution in [1.82, 2.24) is 10.2 Å². The summed E-state index contributed by atoms with van der Waals surface area (Å²) in [5.74, 6) is 0.679. The van der Waals surface area contributed by atoms with Crippen LogP contribution in [0.5, 0.6) is 11.5 Å². The summed E-state index contributed by atoms with van der Waals surface area (Å²) < 4.78 is 10.8. The SMILES string of the molecule is COc1ccc(CC(=O)N(Cc2ccc(Cl)cc2)[C@@H](C(=O)NCCc2ccccc2)c2ccccc2)cc1OC. The van der Waals surface area contributed by atoms with Crippen LogP contribution in [0.15, 0.2) is 103 Å². The predicted octanol–water partition coefficient (Wildman–Crippen LogP) is 6.03. The van der Waals surface area contributed by atoms with Gasteiger partial charge in [0, 0.05) is 18.1 Å². The van der Waals surface area contributed by atoms with E-state index in [-0.39, 0.29) is 24.8 Å². The zero-order chi connectivity index (χ0) is 28.3. The number of benzene rings is 4. The summed E-state index contributed by atoms with van der Waals surface area (Å²) in [4.78, 5) is 29.4. The molecule has 0 bridgehead atoms. The first kappa shape index (κ1) is 28.7. The molecular weight excluding hydrogens is 524 g/mol. The third-order valence-corrected chi connectivity index (χ3v) is 6.87. The van der Waals surface area contributed by atoms with E-state index in [0.29, 0.717) is 29.5 Å². The minimum atomic E-state index is -0.833. The molecule has 0 heterocycles. The summed E-state index contributed by atoms with van der Waals surface area (Å²) in [5.41, 5.74) is 3.47. The summed E-state index contributed by atoms with van der Waals surface area (Å²) in [7, 11) is 3.12. The normalized spacial score (nSPS) is 11.4. The van der Waals surface area contributed by atoms with Crippen molar-refractivity contribution in [2.45, 2.75) is 25.4 Å². The number of halogens is 1. The van der Waals surface area contributed by atoms with Crippen molar-refractivity contribution in [2.75, 3.05) is 20.8 Å². The smallest absolute Gasteiger partial charge is 0.247 e. The number of nitrogens with zero attached hydrogens (tertiary/aromatic N) is 1. The molecule has 0 radical (unpaired) electrons. The van der Waals surface area contributed by atoms with Gasteiger partial charge in [-0.05, 0) is 52.9 Å². The Morgan fingerprint density at radius 1 is 0.775 bits per heavy atom. The standard InChI is InChI=1S/C33H33ClN2O4/c1-39-29-18-15-26(21-30(29)40-2)22-31(37)36(23-25-13-16-28(34)17-14-25)32(27-11-7-4-8-12-27)33(38)35-20-19-24-9-5-3-6-10-24/h3-18,21,32H,19-20,22-23H2,1-2H3,(H,35,38)/t32-/m1/s1. The molecule has 1 N–H and O–H groups in total. The van der Waals surface area contributed by atoms with Crippen LogP contribution in [0.25, 0.3) is 0 Å². The average Bonchev–Trinajstić information content (AvgIpc) is 2.99. The van der Waals surface area contributed by atoms with E-state index in [0.717, 1.165) is 22.3 Å². The van der Waals surface area contributed by atoms with Crippen molar-refractivity contribution >= 4 is 23.4 Å². The predicted molar refractivity (Wildman–Crippen MR) is 158 cm³/mol. The molecule has 4 aromatic rings. The van der Waals surface area contributed by atoms with Crippen LogP contribution in [-0.4, -0.2) is 37.5 Å². The van der Waals surface area contributed by atoms with Gasteiger partial charge in [0.2, 0.25) is 11.8 Å². The van der Waals surface area contributed by atoms with E-state index in [4.69, 9.17) is 21.1 Å². The highest BCUT2D eigenvalue weighted by Crippen LogP contribution is 2.29. The number of hydrogen-bond donors (Lipinski definition) is 1. The van der Waals surface area contributed by atoms with Crippen molar-refractivity contribution in [3.63, 3.8) is 0 Å². The summed E-state index contributed by atoms with van der Waals surface area (Å²) in [6.07, 6.45) is 0.763. The van der Waals surface area contributed by atoms with Crippen molar-refractivity contribution < 1.29 is 19.1 Å². The second-order valence-electron chi connectivity index (χ2n) is 9.35. The van der Waals surface area contributed by atoms with Crippen LogP contribution in [0, 0.1) is 0 Å². The Hall–Kier alpha value is -4.29. The highest BCUT2D eigenvalue weighted by molar-refractivity contribution is 6.30. The Morgan fingerprint density at radius 3 is 2.05 bits per heavy atom. The lowest BCUT2D eigenvalue weighted by molar-refractivity contribution is -0.141. The minimum absolute atomic E-state index is 0.0779. The second-order valence-corrected chi connectivity index (χ2v) is 9.79. The molecule has 4 aromatic carbocycles. The Morgan fingerprint density at radius 2 is 1.40 bits per heavy atom. The molecule has 0 saturated heterocycles. The van der Waals surface area contributed by atoms with Gasteiger partial charge in [0.25, 0.3) is 0 Å². The molecule has 0 fully saturated rings. The highest BCUT2D eigenvalue weighted by Gasteiger charge is 2.31. The highest BCUT2D eigenvalue weighted by atomic mass is 35.5. The molecule has 0 unspecified atom stereocenters. The van der Waals surface area contributed by atoms with Gasteiger partial charge in [-0.15, -0.1) is 0 Å².